The smallest absolute Gasteiger partial charge is 0.306 e. The summed E-state index contributed by atoms with van der Waals surface area (Å²) in [5, 5.41) is 3.38. The van der Waals surface area contributed by atoms with E-state index in [0.717, 1.165) is 21.5 Å². The second kappa shape index (κ2) is 9.52. The highest BCUT2D eigenvalue weighted by molar-refractivity contribution is 7.22. The van der Waals surface area contributed by atoms with Crippen molar-refractivity contribution in [1.82, 2.24) is 4.98 Å². The SMILES string of the molecule is CCOC(=O)C[C@H](C(=O)Nc1nc2ccc(OC)cc2s1)[C@H](C)c1ccccc1. The molecule has 0 unspecified atom stereocenters. The van der Waals surface area contributed by atoms with E-state index >= 15 is 0 Å². The fourth-order valence-electron chi connectivity index (χ4n) is 3.17. The lowest BCUT2D eigenvalue weighted by atomic mass is 9.84. The average Bonchev–Trinajstić information content (AvgIpc) is 3.13. The van der Waals surface area contributed by atoms with E-state index < -0.39 is 5.92 Å². The Morgan fingerprint density at radius 1 is 1.17 bits per heavy atom. The van der Waals surface area contributed by atoms with E-state index in [1.807, 2.05) is 55.5 Å². The standard InChI is InChI=1S/C22H24N2O4S/c1-4-28-20(25)13-17(14(2)15-8-6-5-7-9-15)21(26)24-22-23-18-11-10-16(27-3)12-19(18)29-22/h5-12,14,17H,4,13H2,1-3H3,(H,23,24,26)/t14-,17+/m1/s1. The van der Waals surface area contributed by atoms with Gasteiger partial charge in [-0.3, -0.25) is 9.59 Å². The van der Waals surface area contributed by atoms with Crippen molar-refractivity contribution in [2.24, 2.45) is 5.92 Å². The van der Waals surface area contributed by atoms with Gasteiger partial charge in [0, 0.05) is 0 Å². The quantitative estimate of drug-likeness (QED) is 0.547. The Balaban J connectivity index is 1.82. The molecule has 0 spiro atoms. The summed E-state index contributed by atoms with van der Waals surface area (Å²) in [6.45, 7) is 3.98. The lowest BCUT2D eigenvalue weighted by Crippen LogP contribution is -2.30. The van der Waals surface area contributed by atoms with E-state index in [0.29, 0.717) is 5.13 Å². The van der Waals surface area contributed by atoms with Crippen LogP contribution in [-0.2, 0) is 14.3 Å². The molecule has 1 aromatic heterocycles. The molecule has 0 radical (unpaired) electrons. The van der Waals surface area contributed by atoms with Crippen molar-refractivity contribution in [3.63, 3.8) is 0 Å². The highest BCUT2D eigenvalue weighted by Crippen LogP contribution is 2.32. The molecule has 0 aliphatic rings. The molecular formula is C22H24N2O4S. The van der Waals surface area contributed by atoms with Crippen LogP contribution in [0.5, 0.6) is 5.75 Å². The number of amides is 1. The summed E-state index contributed by atoms with van der Waals surface area (Å²) in [4.78, 5) is 29.7. The summed E-state index contributed by atoms with van der Waals surface area (Å²) in [7, 11) is 1.61. The number of ether oxygens (including phenoxy) is 2. The number of benzene rings is 2. The van der Waals surface area contributed by atoms with Gasteiger partial charge < -0.3 is 14.8 Å². The first kappa shape index (κ1) is 20.8. The normalized spacial score (nSPS) is 12.9. The molecule has 0 saturated heterocycles. The summed E-state index contributed by atoms with van der Waals surface area (Å²) >= 11 is 1.37. The second-order valence-electron chi connectivity index (χ2n) is 6.66. The Bertz CT molecular complexity index is 987. The highest BCUT2D eigenvalue weighted by Gasteiger charge is 2.30. The van der Waals surface area contributed by atoms with E-state index in [2.05, 4.69) is 10.3 Å². The van der Waals surface area contributed by atoms with Crippen LogP contribution in [0, 0.1) is 5.92 Å². The van der Waals surface area contributed by atoms with E-state index in [1.165, 1.54) is 11.3 Å². The van der Waals surface area contributed by atoms with Gasteiger partial charge in [-0.05, 0) is 36.6 Å². The van der Waals surface area contributed by atoms with E-state index in [1.54, 1.807) is 14.0 Å². The molecule has 1 amide bonds. The number of carbonyl (C=O) groups excluding carboxylic acids is 2. The van der Waals surface area contributed by atoms with Gasteiger partial charge in [0.1, 0.15) is 5.75 Å². The summed E-state index contributed by atoms with van der Waals surface area (Å²) in [6.07, 6.45) is 0.00839. The van der Waals surface area contributed by atoms with Crippen molar-refractivity contribution in [2.45, 2.75) is 26.2 Å². The van der Waals surface area contributed by atoms with Crippen LogP contribution in [-0.4, -0.2) is 30.6 Å². The molecule has 1 N–H and O–H groups in total. The minimum atomic E-state index is -0.571. The van der Waals surface area contributed by atoms with Crippen molar-refractivity contribution < 1.29 is 19.1 Å². The maximum absolute atomic E-state index is 13.1. The van der Waals surface area contributed by atoms with Gasteiger partial charge in [0.25, 0.3) is 0 Å². The van der Waals surface area contributed by atoms with Crippen LogP contribution in [0.1, 0.15) is 31.7 Å². The van der Waals surface area contributed by atoms with Crippen LogP contribution in [0.4, 0.5) is 5.13 Å². The zero-order chi connectivity index (χ0) is 20.8. The number of rotatable bonds is 8. The molecule has 2 atom stereocenters. The maximum Gasteiger partial charge on any atom is 0.306 e. The number of nitrogens with one attached hydrogen (secondary N) is 1. The first-order chi connectivity index (χ1) is 14.0. The molecule has 0 bridgehead atoms. The van der Waals surface area contributed by atoms with Gasteiger partial charge in [-0.2, -0.15) is 0 Å². The molecule has 0 saturated carbocycles. The van der Waals surface area contributed by atoms with Gasteiger partial charge in [0.05, 0.1) is 36.3 Å². The molecule has 2 aromatic carbocycles. The summed E-state index contributed by atoms with van der Waals surface area (Å²) in [5.41, 5.74) is 1.77. The van der Waals surface area contributed by atoms with Gasteiger partial charge in [-0.15, -0.1) is 0 Å². The Kier molecular flexibility index (Phi) is 6.82. The van der Waals surface area contributed by atoms with Crippen molar-refractivity contribution in [1.29, 1.82) is 0 Å². The van der Waals surface area contributed by atoms with Gasteiger partial charge in [-0.25, -0.2) is 4.98 Å². The number of aromatic nitrogens is 1. The monoisotopic (exact) mass is 412 g/mol. The lowest BCUT2D eigenvalue weighted by molar-refractivity contribution is -0.146. The highest BCUT2D eigenvalue weighted by atomic mass is 32.1. The number of hydrogen-bond acceptors (Lipinski definition) is 6. The van der Waals surface area contributed by atoms with Crippen LogP contribution < -0.4 is 10.1 Å². The molecule has 6 nitrogen and oxygen atoms in total. The Morgan fingerprint density at radius 3 is 2.62 bits per heavy atom. The van der Waals surface area contributed by atoms with Crippen LogP contribution in [0.3, 0.4) is 0 Å². The number of anilines is 1. The van der Waals surface area contributed by atoms with E-state index in [9.17, 15) is 9.59 Å². The average molecular weight is 413 g/mol. The molecule has 7 heteroatoms. The molecule has 0 aliphatic carbocycles. The van der Waals surface area contributed by atoms with Crippen LogP contribution in [0.15, 0.2) is 48.5 Å². The number of methoxy groups -OCH3 is 1. The first-order valence-corrected chi connectivity index (χ1v) is 10.3. The third kappa shape index (κ3) is 5.12. The van der Waals surface area contributed by atoms with Crippen molar-refractivity contribution in [3.05, 3.63) is 54.1 Å². The summed E-state index contributed by atoms with van der Waals surface area (Å²) < 4.78 is 11.2. The minimum Gasteiger partial charge on any atom is -0.497 e. The fourth-order valence-corrected chi connectivity index (χ4v) is 4.07. The van der Waals surface area contributed by atoms with E-state index in [-0.39, 0.29) is 30.8 Å². The Labute approximate surface area is 173 Å². The molecule has 152 valence electrons. The van der Waals surface area contributed by atoms with Gasteiger partial charge >= 0.3 is 5.97 Å². The topological polar surface area (TPSA) is 77.5 Å². The number of thiazole rings is 1. The van der Waals surface area contributed by atoms with Gasteiger partial charge in [-0.1, -0.05) is 48.6 Å². The zero-order valence-corrected chi connectivity index (χ0v) is 17.5. The maximum atomic E-state index is 13.1. The summed E-state index contributed by atoms with van der Waals surface area (Å²) in [6, 6.07) is 15.2. The number of fused-ring (bicyclic) bond motifs is 1. The van der Waals surface area contributed by atoms with Crippen molar-refractivity contribution in [3.8, 4) is 5.75 Å². The number of hydrogen-bond donors (Lipinski definition) is 1. The Hall–Kier alpha value is -2.93. The van der Waals surface area contributed by atoms with Gasteiger partial charge in [0.15, 0.2) is 5.13 Å². The first-order valence-electron chi connectivity index (χ1n) is 9.47. The second-order valence-corrected chi connectivity index (χ2v) is 7.69. The lowest BCUT2D eigenvalue weighted by Gasteiger charge is -2.22. The molecule has 3 aromatic rings. The van der Waals surface area contributed by atoms with E-state index in [4.69, 9.17) is 9.47 Å². The fraction of sp³-hybridized carbons (Fsp3) is 0.318. The molecule has 1 heterocycles. The molecule has 29 heavy (non-hydrogen) atoms. The third-order valence-electron chi connectivity index (χ3n) is 4.78. The molecule has 0 aliphatic heterocycles. The Morgan fingerprint density at radius 2 is 1.93 bits per heavy atom. The number of nitrogens with zero attached hydrogens (tertiary/aromatic N) is 1. The number of esters is 1. The minimum absolute atomic E-state index is 0.00839. The molecular weight excluding hydrogens is 388 g/mol. The van der Waals surface area contributed by atoms with Crippen molar-refractivity contribution in [2.75, 3.05) is 19.0 Å². The summed E-state index contributed by atoms with van der Waals surface area (Å²) in [5.74, 6) is -0.630. The molecule has 0 fully saturated rings. The zero-order valence-electron chi connectivity index (χ0n) is 16.7. The number of carbonyl (C=O) groups is 2. The largest absolute Gasteiger partial charge is 0.497 e. The van der Waals surface area contributed by atoms with Crippen LogP contribution >= 0.6 is 11.3 Å². The predicted molar refractivity (Wildman–Crippen MR) is 114 cm³/mol. The van der Waals surface area contributed by atoms with Crippen molar-refractivity contribution >= 4 is 38.6 Å². The molecule has 3 rings (SSSR count). The third-order valence-corrected chi connectivity index (χ3v) is 5.72. The van der Waals surface area contributed by atoms with Crippen LogP contribution in [0.25, 0.3) is 10.2 Å². The van der Waals surface area contributed by atoms with Gasteiger partial charge in [0.2, 0.25) is 5.91 Å². The predicted octanol–water partition coefficient (Wildman–Crippen LogP) is 4.62. The van der Waals surface area contributed by atoms with Crippen LogP contribution in [0.2, 0.25) is 0 Å².